The molecule has 0 radical (unpaired) electrons. The number of hydrogen-bond donors (Lipinski definition) is 0. The Kier molecular flexibility index (Phi) is 2.71. The van der Waals surface area contributed by atoms with Crippen molar-refractivity contribution in [3.8, 4) is 6.07 Å². The second kappa shape index (κ2) is 3.38. The van der Waals surface area contributed by atoms with Gasteiger partial charge in [-0.1, -0.05) is 27.7 Å². The van der Waals surface area contributed by atoms with Crippen LogP contribution >= 0.6 is 0 Å². The quantitative estimate of drug-likeness (QED) is 0.691. The Balaban J connectivity index is 2.76. The third-order valence-electron chi connectivity index (χ3n) is 3.31. The van der Waals surface area contributed by atoms with E-state index in [0.717, 1.165) is 19.3 Å². The maximum absolute atomic E-state index is 12.0. The van der Waals surface area contributed by atoms with Gasteiger partial charge in [-0.2, -0.15) is 5.26 Å². The predicted molar refractivity (Wildman–Crippen MR) is 55.5 cm³/mol. The Morgan fingerprint density at radius 2 is 2.00 bits per heavy atom. The van der Waals surface area contributed by atoms with Gasteiger partial charge >= 0.3 is 0 Å². The van der Waals surface area contributed by atoms with E-state index in [0.29, 0.717) is 0 Å². The smallest absolute Gasteiger partial charge is 0.155 e. The molecule has 0 aliphatic heterocycles. The number of nitriles is 1. The van der Waals surface area contributed by atoms with E-state index in [1.54, 1.807) is 0 Å². The highest BCUT2D eigenvalue weighted by Gasteiger charge is 2.55. The Morgan fingerprint density at radius 1 is 1.50 bits per heavy atom. The molecule has 2 heteroatoms. The van der Waals surface area contributed by atoms with Crippen molar-refractivity contribution >= 4 is 5.78 Å². The van der Waals surface area contributed by atoms with Crippen molar-refractivity contribution in [3.05, 3.63) is 0 Å². The second-order valence-corrected chi connectivity index (χ2v) is 5.39. The van der Waals surface area contributed by atoms with Crippen molar-refractivity contribution in [2.45, 2.75) is 47.0 Å². The molecule has 1 saturated carbocycles. The van der Waals surface area contributed by atoms with Crippen molar-refractivity contribution in [2.75, 3.05) is 0 Å². The summed E-state index contributed by atoms with van der Waals surface area (Å²) in [5, 5.41) is 9.11. The largest absolute Gasteiger partial charge is 0.298 e. The van der Waals surface area contributed by atoms with E-state index in [9.17, 15) is 4.79 Å². The molecule has 0 saturated heterocycles. The Bertz CT molecular complexity index is 277. The zero-order valence-corrected chi connectivity index (χ0v) is 9.55. The fourth-order valence-electron chi connectivity index (χ4n) is 2.55. The van der Waals surface area contributed by atoms with Crippen LogP contribution in [0.5, 0.6) is 0 Å². The summed E-state index contributed by atoms with van der Waals surface area (Å²) in [4.78, 5) is 12.0. The average molecular weight is 193 g/mol. The van der Waals surface area contributed by atoms with Gasteiger partial charge in [0.15, 0.2) is 5.78 Å². The van der Waals surface area contributed by atoms with E-state index in [-0.39, 0.29) is 17.1 Å². The van der Waals surface area contributed by atoms with Gasteiger partial charge in [-0.15, -0.1) is 0 Å². The molecule has 2 nitrogen and oxygen atoms in total. The van der Waals surface area contributed by atoms with Crippen molar-refractivity contribution in [1.82, 2.24) is 0 Å². The average Bonchev–Trinajstić information content (AvgIpc) is 2.10. The van der Waals surface area contributed by atoms with Crippen LogP contribution in [0.15, 0.2) is 0 Å². The molecule has 0 amide bonds. The van der Waals surface area contributed by atoms with Crippen LogP contribution in [0.25, 0.3) is 0 Å². The molecular weight excluding hydrogens is 174 g/mol. The summed E-state index contributed by atoms with van der Waals surface area (Å²) >= 11 is 0. The zero-order valence-electron chi connectivity index (χ0n) is 9.55. The van der Waals surface area contributed by atoms with Gasteiger partial charge in [0, 0.05) is 5.92 Å². The van der Waals surface area contributed by atoms with Gasteiger partial charge in [0.05, 0.1) is 6.07 Å². The van der Waals surface area contributed by atoms with Crippen molar-refractivity contribution in [2.24, 2.45) is 16.7 Å². The monoisotopic (exact) mass is 193 g/mol. The lowest BCUT2D eigenvalue weighted by Gasteiger charge is -2.48. The lowest BCUT2D eigenvalue weighted by molar-refractivity contribution is -0.139. The Labute approximate surface area is 86.3 Å². The van der Waals surface area contributed by atoms with Gasteiger partial charge in [-0.05, 0) is 24.7 Å². The van der Waals surface area contributed by atoms with Crippen molar-refractivity contribution in [3.63, 3.8) is 0 Å². The minimum absolute atomic E-state index is 0.0331. The van der Waals surface area contributed by atoms with Crippen LogP contribution in [-0.2, 0) is 4.79 Å². The minimum Gasteiger partial charge on any atom is -0.298 e. The third-order valence-corrected chi connectivity index (χ3v) is 3.31. The highest BCUT2D eigenvalue weighted by molar-refractivity contribution is 5.90. The summed E-state index contributed by atoms with van der Waals surface area (Å²) in [6.07, 6.45) is 2.31. The summed E-state index contributed by atoms with van der Waals surface area (Å²) in [5.74, 6) is 0.188. The van der Waals surface area contributed by atoms with Gasteiger partial charge in [-0.3, -0.25) is 4.79 Å². The van der Waals surface area contributed by atoms with E-state index in [1.165, 1.54) is 0 Å². The number of nitrogens with zero attached hydrogens (tertiary/aromatic N) is 1. The van der Waals surface area contributed by atoms with Crippen LogP contribution in [0, 0.1) is 28.1 Å². The first-order chi connectivity index (χ1) is 6.37. The second-order valence-electron chi connectivity index (χ2n) is 5.39. The zero-order chi connectivity index (χ0) is 11.0. The maximum Gasteiger partial charge on any atom is 0.155 e. The molecule has 0 spiro atoms. The molecule has 1 rings (SSSR count). The minimum atomic E-state index is -0.654. The molecule has 0 aromatic rings. The van der Waals surface area contributed by atoms with Crippen LogP contribution < -0.4 is 0 Å². The molecule has 78 valence electrons. The predicted octanol–water partition coefficient (Wildman–Crippen LogP) is 2.93. The van der Waals surface area contributed by atoms with Gasteiger partial charge < -0.3 is 0 Å². The Hall–Kier alpha value is -0.840. The molecular formula is C12H19NO. The number of carbonyl (C=O) groups excluding carboxylic acids is 1. The molecule has 1 aliphatic rings. The molecule has 1 unspecified atom stereocenters. The number of ketones is 1. The summed E-state index contributed by atoms with van der Waals surface area (Å²) < 4.78 is 0. The van der Waals surface area contributed by atoms with E-state index in [1.807, 2.05) is 13.8 Å². The third kappa shape index (κ3) is 1.68. The molecule has 0 bridgehead atoms. The van der Waals surface area contributed by atoms with Gasteiger partial charge in [0.2, 0.25) is 0 Å². The van der Waals surface area contributed by atoms with Gasteiger partial charge in [0.25, 0.3) is 0 Å². The number of rotatable bonds is 3. The van der Waals surface area contributed by atoms with Gasteiger partial charge in [0.1, 0.15) is 5.41 Å². The van der Waals surface area contributed by atoms with Crippen LogP contribution in [0.4, 0.5) is 0 Å². The van der Waals surface area contributed by atoms with Crippen LogP contribution in [0.2, 0.25) is 0 Å². The molecule has 0 N–H and O–H groups in total. The van der Waals surface area contributed by atoms with E-state index in [4.69, 9.17) is 5.26 Å². The first-order valence-electron chi connectivity index (χ1n) is 5.32. The lowest BCUT2D eigenvalue weighted by atomic mass is 9.52. The molecule has 0 aromatic heterocycles. The van der Waals surface area contributed by atoms with E-state index < -0.39 is 5.41 Å². The van der Waals surface area contributed by atoms with Crippen LogP contribution in [-0.4, -0.2) is 5.78 Å². The highest BCUT2D eigenvalue weighted by Crippen LogP contribution is 2.55. The first-order valence-corrected chi connectivity index (χ1v) is 5.32. The molecule has 14 heavy (non-hydrogen) atoms. The SMILES string of the molecule is CCC(C)C(=O)C1(C#N)CC(C)(C)C1. The molecule has 1 fully saturated rings. The number of hydrogen-bond acceptors (Lipinski definition) is 2. The standard InChI is InChI=1S/C12H19NO/c1-5-9(2)10(14)12(8-13)6-11(3,4)7-12/h9H,5-7H2,1-4H3. The van der Waals surface area contributed by atoms with Crippen LogP contribution in [0.3, 0.4) is 0 Å². The fourth-order valence-corrected chi connectivity index (χ4v) is 2.55. The fraction of sp³-hybridized carbons (Fsp3) is 0.833. The van der Waals surface area contributed by atoms with Crippen molar-refractivity contribution < 1.29 is 4.79 Å². The summed E-state index contributed by atoms with van der Waals surface area (Å²) in [6.45, 7) is 8.16. The number of carbonyl (C=O) groups is 1. The normalized spacial score (nSPS) is 24.5. The maximum atomic E-state index is 12.0. The van der Waals surface area contributed by atoms with E-state index in [2.05, 4.69) is 19.9 Å². The summed E-state index contributed by atoms with van der Waals surface area (Å²) in [7, 11) is 0. The lowest BCUT2D eigenvalue weighted by Crippen LogP contribution is -2.49. The summed E-state index contributed by atoms with van der Waals surface area (Å²) in [5.41, 5.74) is -0.474. The highest BCUT2D eigenvalue weighted by atomic mass is 16.1. The summed E-state index contributed by atoms with van der Waals surface area (Å²) in [6, 6.07) is 2.24. The topological polar surface area (TPSA) is 40.9 Å². The van der Waals surface area contributed by atoms with Crippen molar-refractivity contribution in [1.29, 1.82) is 5.26 Å². The molecule has 1 atom stereocenters. The molecule has 0 aromatic carbocycles. The molecule has 0 heterocycles. The number of Topliss-reactive ketones (excluding diaryl/α,β-unsaturated/α-hetero) is 1. The van der Waals surface area contributed by atoms with E-state index >= 15 is 0 Å². The van der Waals surface area contributed by atoms with Crippen LogP contribution in [0.1, 0.15) is 47.0 Å². The molecule has 1 aliphatic carbocycles. The van der Waals surface area contributed by atoms with Gasteiger partial charge in [-0.25, -0.2) is 0 Å². The Morgan fingerprint density at radius 3 is 2.29 bits per heavy atom. The first kappa shape index (κ1) is 11.2.